The van der Waals surface area contributed by atoms with Gasteiger partial charge in [0.2, 0.25) is 5.91 Å². The van der Waals surface area contributed by atoms with Gasteiger partial charge in [0.05, 0.1) is 32.7 Å². The summed E-state index contributed by atoms with van der Waals surface area (Å²) < 4.78 is 15.6. The van der Waals surface area contributed by atoms with Crippen LogP contribution in [0.1, 0.15) is 19.4 Å². The summed E-state index contributed by atoms with van der Waals surface area (Å²) in [6, 6.07) is 5.47. The lowest BCUT2D eigenvalue weighted by Gasteiger charge is -2.18. The van der Waals surface area contributed by atoms with E-state index in [4.69, 9.17) is 14.2 Å². The molecule has 1 saturated heterocycles. The molecule has 0 aliphatic carbocycles. The van der Waals surface area contributed by atoms with Crippen molar-refractivity contribution in [2.45, 2.75) is 20.4 Å². The highest BCUT2D eigenvalue weighted by molar-refractivity contribution is 5.88. The molecular weight excluding hydrogens is 298 g/mol. The Bertz CT molecular complexity index is 586. The summed E-state index contributed by atoms with van der Waals surface area (Å²) in [5.41, 5.74) is 0.873. The molecule has 0 radical (unpaired) electrons. The number of esters is 1. The van der Waals surface area contributed by atoms with Crippen LogP contribution in [0.15, 0.2) is 18.2 Å². The summed E-state index contributed by atoms with van der Waals surface area (Å²) in [6.45, 7) is 4.62. The maximum atomic E-state index is 12.4. The van der Waals surface area contributed by atoms with Gasteiger partial charge in [-0.25, -0.2) is 0 Å². The number of ether oxygens (including phenoxy) is 3. The fraction of sp³-hybridized carbons (Fsp3) is 0.529. The van der Waals surface area contributed by atoms with E-state index in [1.165, 1.54) is 0 Å². The standard InChI is InChI=1S/C17H23NO5/c1-5-23-17(20)14-10-18(16(19)11(14)2)9-12-6-7-13(21-3)8-15(12)22-4/h6-8,11,14H,5,9-10H2,1-4H3/t11-,14-/m0/s1. The predicted molar refractivity (Wildman–Crippen MR) is 84.3 cm³/mol. The number of hydrogen-bond donors (Lipinski definition) is 0. The average molecular weight is 321 g/mol. The Kier molecular flexibility index (Phi) is 5.47. The maximum Gasteiger partial charge on any atom is 0.311 e. The van der Waals surface area contributed by atoms with E-state index in [0.29, 0.717) is 31.2 Å². The fourth-order valence-electron chi connectivity index (χ4n) is 2.80. The highest BCUT2D eigenvalue weighted by atomic mass is 16.5. The number of likely N-dealkylation sites (tertiary alicyclic amines) is 1. The van der Waals surface area contributed by atoms with E-state index >= 15 is 0 Å². The van der Waals surface area contributed by atoms with Gasteiger partial charge in [-0.2, -0.15) is 0 Å². The second-order valence-corrected chi connectivity index (χ2v) is 5.54. The molecule has 0 N–H and O–H groups in total. The van der Waals surface area contributed by atoms with Crippen molar-refractivity contribution in [1.82, 2.24) is 4.90 Å². The van der Waals surface area contributed by atoms with Gasteiger partial charge in [0.1, 0.15) is 11.5 Å². The molecule has 23 heavy (non-hydrogen) atoms. The molecule has 0 unspecified atom stereocenters. The summed E-state index contributed by atoms with van der Waals surface area (Å²) in [4.78, 5) is 26.0. The first-order valence-electron chi connectivity index (χ1n) is 7.68. The summed E-state index contributed by atoms with van der Waals surface area (Å²) >= 11 is 0. The zero-order chi connectivity index (χ0) is 17.0. The van der Waals surface area contributed by atoms with Crippen LogP contribution in [0, 0.1) is 11.8 Å². The zero-order valence-corrected chi connectivity index (χ0v) is 14.0. The molecule has 1 heterocycles. The van der Waals surface area contributed by atoms with Crippen molar-refractivity contribution >= 4 is 11.9 Å². The third-order valence-electron chi connectivity index (χ3n) is 4.17. The second-order valence-electron chi connectivity index (χ2n) is 5.54. The highest BCUT2D eigenvalue weighted by Gasteiger charge is 2.42. The van der Waals surface area contributed by atoms with Gasteiger partial charge >= 0.3 is 5.97 Å². The van der Waals surface area contributed by atoms with E-state index < -0.39 is 5.92 Å². The number of methoxy groups -OCH3 is 2. The minimum Gasteiger partial charge on any atom is -0.497 e. The van der Waals surface area contributed by atoms with Crippen LogP contribution in [0.25, 0.3) is 0 Å². The Labute approximate surface area is 136 Å². The van der Waals surface area contributed by atoms with Crippen LogP contribution in [-0.4, -0.2) is 44.1 Å². The Hall–Kier alpha value is -2.24. The van der Waals surface area contributed by atoms with Crippen molar-refractivity contribution in [2.24, 2.45) is 11.8 Å². The Balaban J connectivity index is 2.14. The fourth-order valence-corrected chi connectivity index (χ4v) is 2.80. The Morgan fingerprint density at radius 2 is 2.04 bits per heavy atom. The Morgan fingerprint density at radius 1 is 1.30 bits per heavy atom. The summed E-state index contributed by atoms with van der Waals surface area (Å²) in [5, 5.41) is 0. The molecule has 0 aromatic heterocycles. The number of carbonyl (C=O) groups is 2. The van der Waals surface area contributed by atoms with Crippen molar-refractivity contribution in [3.05, 3.63) is 23.8 Å². The summed E-state index contributed by atoms with van der Waals surface area (Å²) in [7, 11) is 3.16. The van der Waals surface area contributed by atoms with Gasteiger partial charge in [-0.15, -0.1) is 0 Å². The van der Waals surface area contributed by atoms with Crippen LogP contribution in [0.4, 0.5) is 0 Å². The molecule has 126 valence electrons. The van der Waals surface area contributed by atoms with Crippen LogP contribution < -0.4 is 9.47 Å². The molecule has 1 aliphatic rings. The molecule has 0 spiro atoms. The number of amides is 1. The van der Waals surface area contributed by atoms with Gasteiger partial charge in [-0.1, -0.05) is 6.92 Å². The lowest BCUT2D eigenvalue weighted by atomic mass is 9.98. The molecule has 0 saturated carbocycles. The molecule has 1 aliphatic heterocycles. The summed E-state index contributed by atoms with van der Waals surface area (Å²) in [6.07, 6.45) is 0. The van der Waals surface area contributed by atoms with Gasteiger partial charge in [-0.05, 0) is 19.1 Å². The third-order valence-corrected chi connectivity index (χ3v) is 4.17. The van der Waals surface area contributed by atoms with Gasteiger partial charge in [0.25, 0.3) is 0 Å². The summed E-state index contributed by atoms with van der Waals surface area (Å²) in [5.74, 6) is 0.226. The SMILES string of the molecule is CCOC(=O)[C@H]1CN(Cc2ccc(OC)cc2OC)C(=O)[C@H]1C. The predicted octanol–water partition coefficient (Wildman–Crippen LogP) is 1.86. The van der Waals surface area contributed by atoms with Crippen LogP contribution in [-0.2, 0) is 20.9 Å². The maximum absolute atomic E-state index is 12.4. The van der Waals surface area contributed by atoms with Crippen LogP contribution >= 0.6 is 0 Å². The van der Waals surface area contributed by atoms with Gasteiger partial charge in [0, 0.05) is 24.7 Å². The molecular formula is C17H23NO5. The molecule has 2 rings (SSSR count). The van der Waals surface area contributed by atoms with Crippen molar-refractivity contribution in [1.29, 1.82) is 0 Å². The molecule has 6 nitrogen and oxygen atoms in total. The van der Waals surface area contributed by atoms with Crippen molar-refractivity contribution in [2.75, 3.05) is 27.4 Å². The first kappa shape index (κ1) is 17.1. The van der Waals surface area contributed by atoms with Crippen molar-refractivity contribution in [3.63, 3.8) is 0 Å². The smallest absolute Gasteiger partial charge is 0.311 e. The highest BCUT2D eigenvalue weighted by Crippen LogP contribution is 2.31. The lowest BCUT2D eigenvalue weighted by molar-refractivity contribution is -0.149. The molecule has 1 amide bonds. The molecule has 1 aromatic carbocycles. The van der Waals surface area contributed by atoms with E-state index in [2.05, 4.69) is 0 Å². The number of nitrogens with zero attached hydrogens (tertiary/aromatic N) is 1. The molecule has 1 fully saturated rings. The van der Waals surface area contributed by atoms with Gasteiger partial charge < -0.3 is 19.1 Å². The number of rotatable bonds is 6. The topological polar surface area (TPSA) is 65.1 Å². The minimum atomic E-state index is -0.410. The van der Waals surface area contributed by atoms with Gasteiger partial charge in [0.15, 0.2) is 0 Å². The van der Waals surface area contributed by atoms with E-state index in [-0.39, 0.29) is 17.8 Å². The molecule has 6 heteroatoms. The lowest BCUT2D eigenvalue weighted by Crippen LogP contribution is -2.26. The molecule has 0 bridgehead atoms. The van der Waals surface area contributed by atoms with Crippen molar-refractivity contribution in [3.8, 4) is 11.5 Å². The number of hydrogen-bond acceptors (Lipinski definition) is 5. The van der Waals surface area contributed by atoms with Crippen LogP contribution in [0.3, 0.4) is 0 Å². The first-order chi connectivity index (χ1) is 11.0. The van der Waals surface area contributed by atoms with E-state index in [1.807, 2.05) is 12.1 Å². The first-order valence-corrected chi connectivity index (χ1v) is 7.68. The normalized spacial score (nSPS) is 20.5. The molecule has 1 aromatic rings. The monoisotopic (exact) mass is 321 g/mol. The Morgan fingerprint density at radius 3 is 2.65 bits per heavy atom. The average Bonchev–Trinajstić information content (AvgIpc) is 2.84. The second kappa shape index (κ2) is 7.35. The van der Waals surface area contributed by atoms with Crippen LogP contribution in [0.5, 0.6) is 11.5 Å². The number of carbonyl (C=O) groups excluding carboxylic acids is 2. The number of benzene rings is 1. The van der Waals surface area contributed by atoms with Crippen LogP contribution in [0.2, 0.25) is 0 Å². The zero-order valence-electron chi connectivity index (χ0n) is 14.0. The largest absolute Gasteiger partial charge is 0.497 e. The quantitative estimate of drug-likeness (QED) is 0.748. The van der Waals surface area contributed by atoms with E-state index in [1.54, 1.807) is 39.0 Å². The van der Waals surface area contributed by atoms with Crippen molar-refractivity contribution < 1.29 is 23.8 Å². The molecule has 2 atom stereocenters. The van der Waals surface area contributed by atoms with Gasteiger partial charge in [-0.3, -0.25) is 9.59 Å². The minimum absolute atomic E-state index is 0.0408. The third kappa shape index (κ3) is 3.57. The van der Waals surface area contributed by atoms with E-state index in [9.17, 15) is 9.59 Å². The van der Waals surface area contributed by atoms with E-state index in [0.717, 1.165) is 5.56 Å².